The molecule has 3 heteroatoms. The van der Waals surface area contributed by atoms with Crippen LogP contribution in [0.2, 0.25) is 0 Å². The number of hydrogen-bond acceptors (Lipinski definition) is 3. The molecule has 2 nitrogen and oxygen atoms in total. The highest BCUT2D eigenvalue weighted by Gasteiger charge is 1.83. The van der Waals surface area contributed by atoms with Crippen molar-refractivity contribution in [3.8, 4) is 0 Å². The molecule has 0 aliphatic rings. The largest absolute Gasteiger partial charge is 0.299 e. The third kappa shape index (κ3) is 1.77. The maximum absolute atomic E-state index is 9.79. The molecule has 1 aromatic rings. The molecule has 0 aromatic carbocycles. The van der Waals surface area contributed by atoms with Crippen LogP contribution >= 0.6 is 11.3 Å². The van der Waals surface area contributed by atoms with Gasteiger partial charge in [0.15, 0.2) is 0 Å². The number of carbonyl (C=O) groups is 1. The summed E-state index contributed by atoms with van der Waals surface area (Å²) >= 11 is 1.51. The minimum Gasteiger partial charge on any atom is -0.299 e. The molecular formula is C6H5NOS. The second-order valence-electron chi connectivity index (χ2n) is 1.37. The van der Waals surface area contributed by atoms with Crippen molar-refractivity contribution in [3.63, 3.8) is 0 Å². The summed E-state index contributed by atoms with van der Waals surface area (Å²) in [6.45, 7) is 0. The van der Waals surface area contributed by atoms with Gasteiger partial charge in [-0.25, -0.2) is 4.98 Å². The van der Waals surface area contributed by atoms with Crippen molar-refractivity contribution in [2.45, 2.75) is 0 Å². The molecule has 0 bridgehead atoms. The van der Waals surface area contributed by atoms with Crippen LogP contribution in [0, 0.1) is 0 Å². The number of aromatic nitrogens is 1. The SMILES string of the molecule is O=C/C=C/c1nccs1. The number of aldehydes is 1. The topological polar surface area (TPSA) is 30.0 Å². The molecule has 0 N–H and O–H groups in total. The zero-order valence-electron chi connectivity index (χ0n) is 4.65. The summed E-state index contributed by atoms with van der Waals surface area (Å²) in [6.07, 6.45) is 5.55. The van der Waals surface area contributed by atoms with Crippen LogP contribution in [-0.2, 0) is 4.79 Å². The van der Waals surface area contributed by atoms with Gasteiger partial charge in [0.1, 0.15) is 11.3 Å². The molecule has 0 aliphatic carbocycles. The molecule has 0 aliphatic heterocycles. The first-order valence-electron chi connectivity index (χ1n) is 2.45. The van der Waals surface area contributed by atoms with Gasteiger partial charge in [-0.2, -0.15) is 0 Å². The lowest BCUT2D eigenvalue weighted by Crippen LogP contribution is -1.64. The van der Waals surface area contributed by atoms with E-state index in [-0.39, 0.29) is 0 Å². The molecular weight excluding hydrogens is 134 g/mol. The molecule has 0 fully saturated rings. The Labute approximate surface area is 56.9 Å². The lowest BCUT2D eigenvalue weighted by Gasteiger charge is -1.73. The minimum atomic E-state index is 0.737. The van der Waals surface area contributed by atoms with Crippen molar-refractivity contribution >= 4 is 23.7 Å². The van der Waals surface area contributed by atoms with Crippen molar-refractivity contribution in [2.24, 2.45) is 0 Å². The summed E-state index contributed by atoms with van der Waals surface area (Å²) in [7, 11) is 0. The fourth-order valence-electron chi connectivity index (χ4n) is 0.438. The van der Waals surface area contributed by atoms with E-state index >= 15 is 0 Å². The predicted molar refractivity (Wildman–Crippen MR) is 37.2 cm³/mol. The van der Waals surface area contributed by atoms with Gasteiger partial charge >= 0.3 is 0 Å². The fourth-order valence-corrected chi connectivity index (χ4v) is 0.978. The highest BCUT2D eigenvalue weighted by atomic mass is 32.1. The predicted octanol–water partition coefficient (Wildman–Crippen LogP) is 1.36. The van der Waals surface area contributed by atoms with Crippen molar-refractivity contribution in [2.75, 3.05) is 0 Å². The molecule has 1 rings (SSSR count). The number of allylic oxidation sites excluding steroid dienone is 1. The number of hydrogen-bond donors (Lipinski definition) is 0. The van der Waals surface area contributed by atoms with Gasteiger partial charge in [-0.15, -0.1) is 11.3 Å². The summed E-state index contributed by atoms with van der Waals surface area (Å²) in [5.41, 5.74) is 0. The summed E-state index contributed by atoms with van der Waals surface area (Å²) < 4.78 is 0. The van der Waals surface area contributed by atoms with Crippen LogP contribution in [-0.4, -0.2) is 11.3 Å². The highest BCUT2D eigenvalue weighted by Crippen LogP contribution is 2.04. The quantitative estimate of drug-likeness (QED) is 0.457. The Balaban J connectivity index is 2.67. The standard InChI is InChI=1S/C6H5NOS/c8-4-1-2-6-7-3-5-9-6/h1-5H/b2-1+. The third-order valence-electron chi connectivity index (χ3n) is 0.769. The maximum Gasteiger partial charge on any atom is 0.142 e. The van der Waals surface area contributed by atoms with Gasteiger partial charge in [-0.05, 0) is 12.2 Å². The van der Waals surface area contributed by atoms with Gasteiger partial charge in [-0.1, -0.05) is 0 Å². The monoisotopic (exact) mass is 139 g/mol. The van der Waals surface area contributed by atoms with Crippen molar-refractivity contribution < 1.29 is 4.79 Å². The summed E-state index contributed by atoms with van der Waals surface area (Å²) in [6, 6.07) is 0. The van der Waals surface area contributed by atoms with Gasteiger partial charge in [-0.3, -0.25) is 4.79 Å². The first kappa shape index (κ1) is 6.16. The number of rotatable bonds is 2. The van der Waals surface area contributed by atoms with E-state index in [0.29, 0.717) is 0 Å². The van der Waals surface area contributed by atoms with E-state index in [1.54, 1.807) is 12.3 Å². The zero-order valence-corrected chi connectivity index (χ0v) is 5.47. The Morgan fingerprint density at radius 1 is 1.67 bits per heavy atom. The van der Waals surface area contributed by atoms with Gasteiger partial charge in [0.05, 0.1) is 0 Å². The molecule has 0 radical (unpaired) electrons. The Hall–Kier alpha value is -0.960. The fraction of sp³-hybridized carbons (Fsp3) is 0. The average molecular weight is 139 g/mol. The molecule has 0 saturated heterocycles. The van der Waals surface area contributed by atoms with Crippen LogP contribution in [0.15, 0.2) is 17.7 Å². The van der Waals surface area contributed by atoms with Crippen molar-refractivity contribution in [3.05, 3.63) is 22.7 Å². The summed E-state index contributed by atoms with van der Waals surface area (Å²) in [5, 5.41) is 2.73. The molecule has 0 atom stereocenters. The van der Waals surface area contributed by atoms with Crippen LogP contribution in [0.3, 0.4) is 0 Å². The van der Waals surface area contributed by atoms with Crippen LogP contribution in [0.1, 0.15) is 5.01 Å². The molecule has 0 amide bonds. The number of thiazole rings is 1. The normalized spacial score (nSPS) is 10.2. The number of nitrogens with zero attached hydrogens (tertiary/aromatic N) is 1. The Bertz CT molecular complexity index is 203. The Kier molecular flexibility index (Phi) is 2.15. The molecule has 0 saturated carbocycles. The number of carbonyl (C=O) groups excluding carboxylic acids is 1. The van der Waals surface area contributed by atoms with E-state index < -0.39 is 0 Å². The lowest BCUT2D eigenvalue weighted by molar-refractivity contribution is -0.104. The van der Waals surface area contributed by atoms with E-state index in [2.05, 4.69) is 4.98 Å². The zero-order chi connectivity index (χ0) is 6.53. The second kappa shape index (κ2) is 3.14. The first-order valence-corrected chi connectivity index (χ1v) is 3.33. The molecule has 0 spiro atoms. The summed E-state index contributed by atoms with van der Waals surface area (Å²) in [5.74, 6) is 0. The summed E-state index contributed by atoms with van der Waals surface area (Å²) in [4.78, 5) is 13.7. The first-order chi connectivity index (χ1) is 4.43. The highest BCUT2D eigenvalue weighted by molar-refractivity contribution is 7.10. The molecule has 1 heterocycles. The maximum atomic E-state index is 9.79. The van der Waals surface area contributed by atoms with Crippen LogP contribution < -0.4 is 0 Å². The van der Waals surface area contributed by atoms with Gasteiger partial charge in [0, 0.05) is 11.6 Å². The van der Waals surface area contributed by atoms with Crippen LogP contribution in [0.4, 0.5) is 0 Å². The molecule has 1 aromatic heterocycles. The third-order valence-corrected chi connectivity index (χ3v) is 1.51. The Morgan fingerprint density at radius 2 is 2.56 bits per heavy atom. The van der Waals surface area contributed by atoms with E-state index in [9.17, 15) is 4.79 Å². The smallest absolute Gasteiger partial charge is 0.142 e. The van der Waals surface area contributed by atoms with E-state index in [0.717, 1.165) is 11.3 Å². The van der Waals surface area contributed by atoms with Crippen molar-refractivity contribution in [1.29, 1.82) is 0 Å². The average Bonchev–Trinajstić information content (AvgIpc) is 2.34. The second-order valence-corrected chi connectivity index (χ2v) is 2.29. The van der Waals surface area contributed by atoms with Gasteiger partial charge < -0.3 is 0 Å². The van der Waals surface area contributed by atoms with E-state index in [1.165, 1.54) is 17.4 Å². The Morgan fingerprint density at radius 3 is 3.11 bits per heavy atom. The van der Waals surface area contributed by atoms with Gasteiger partial charge in [0.25, 0.3) is 0 Å². The van der Waals surface area contributed by atoms with E-state index in [4.69, 9.17) is 0 Å². The van der Waals surface area contributed by atoms with Gasteiger partial charge in [0.2, 0.25) is 0 Å². The van der Waals surface area contributed by atoms with E-state index in [1.807, 2.05) is 5.38 Å². The van der Waals surface area contributed by atoms with Crippen LogP contribution in [0.25, 0.3) is 6.08 Å². The molecule has 46 valence electrons. The lowest BCUT2D eigenvalue weighted by atomic mass is 10.5. The van der Waals surface area contributed by atoms with Crippen LogP contribution in [0.5, 0.6) is 0 Å². The molecule has 0 unspecified atom stereocenters. The minimum absolute atomic E-state index is 0.737. The molecule has 9 heavy (non-hydrogen) atoms. The van der Waals surface area contributed by atoms with Crippen molar-refractivity contribution in [1.82, 2.24) is 4.98 Å².